The first-order chi connectivity index (χ1) is 9.11. The van der Waals surface area contributed by atoms with E-state index in [2.05, 4.69) is 16.7 Å². The van der Waals surface area contributed by atoms with Gasteiger partial charge in [-0.25, -0.2) is 4.39 Å². The molecule has 2 saturated heterocycles. The maximum absolute atomic E-state index is 13.2. The molecule has 3 nitrogen and oxygen atoms in total. The van der Waals surface area contributed by atoms with Crippen molar-refractivity contribution in [1.29, 1.82) is 0 Å². The molecule has 0 aromatic heterocycles. The number of piperazine rings is 1. The molecular weight excluding hydrogens is 243 g/mol. The summed E-state index contributed by atoms with van der Waals surface area (Å²) in [6, 6.07) is 7.75. The molecule has 4 heteroatoms. The van der Waals surface area contributed by atoms with Gasteiger partial charge in [0, 0.05) is 38.3 Å². The molecule has 104 valence electrons. The van der Waals surface area contributed by atoms with E-state index in [4.69, 9.17) is 0 Å². The van der Waals surface area contributed by atoms with Crippen LogP contribution in [0.4, 0.5) is 4.39 Å². The highest BCUT2D eigenvalue weighted by molar-refractivity contribution is 5.16. The Hall–Kier alpha value is -0.970. The number of aliphatic hydroxyl groups is 1. The molecule has 0 spiro atoms. The smallest absolute Gasteiger partial charge is 0.123 e. The summed E-state index contributed by atoms with van der Waals surface area (Å²) in [5.74, 6) is -0.167. The molecule has 1 aromatic rings. The van der Waals surface area contributed by atoms with Crippen LogP contribution in [-0.2, 0) is 6.54 Å². The summed E-state index contributed by atoms with van der Waals surface area (Å²) < 4.78 is 13.2. The van der Waals surface area contributed by atoms with Crippen LogP contribution in [0.5, 0.6) is 0 Å². The zero-order valence-corrected chi connectivity index (χ0v) is 11.3. The number of rotatable bonds is 2. The van der Waals surface area contributed by atoms with Gasteiger partial charge in [0.15, 0.2) is 0 Å². The molecule has 2 fully saturated rings. The van der Waals surface area contributed by atoms with Gasteiger partial charge in [0.05, 0.1) is 6.10 Å². The van der Waals surface area contributed by atoms with Crippen LogP contribution in [0.1, 0.15) is 18.9 Å². The molecule has 3 rings (SSSR count). The van der Waals surface area contributed by atoms with Gasteiger partial charge in [0.2, 0.25) is 0 Å². The average Bonchev–Trinajstić information content (AvgIpc) is 2.69. The van der Waals surface area contributed by atoms with Crippen LogP contribution in [0.25, 0.3) is 0 Å². The van der Waals surface area contributed by atoms with Gasteiger partial charge in [-0.1, -0.05) is 12.1 Å². The standard InChI is InChI=1S/C15H21FN2O/c1-11-7-18-10-15(19)6-14(18)9-17(11)8-12-3-2-4-13(16)5-12/h2-5,11,14-15,19H,6-10H2,1H3/t11-,14-,15+/m0/s1. The number of aliphatic hydroxyl groups excluding tert-OH is 1. The van der Waals surface area contributed by atoms with Crippen molar-refractivity contribution in [3.63, 3.8) is 0 Å². The lowest BCUT2D eigenvalue weighted by atomic mass is 10.1. The van der Waals surface area contributed by atoms with Gasteiger partial charge in [-0.3, -0.25) is 9.80 Å². The van der Waals surface area contributed by atoms with E-state index in [-0.39, 0.29) is 11.9 Å². The second-order valence-corrected chi connectivity index (χ2v) is 5.91. The lowest BCUT2D eigenvalue weighted by Crippen LogP contribution is -2.54. The third-order valence-corrected chi connectivity index (χ3v) is 4.35. The fourth-order valence-electron chi connectivity index (χ4n) is 3.37. The molecule has 3 atom stereocenters. The molecule has 0 bridgehead atoms. The van der Waals surface area contributed by atoms with Crippen molar-refractivity contribution >= 4 is 0 Å². The molecule has 1 aromatic carbocycles. The van der Waals surface area contributed by atoms with Crippen molar-refractivity contribution in [1.82, 2.24) is 9.80 Å². The lowest BCUT2D eigenvalue weighted by molar-refractivity contribution is 0.0528. The Kier molecular flexibility index (Phi) is 3.56. The van der Waals surface area contributed by atoms with E-state index in [1.165, 1.54) is 6.07 Å². The maximum atomic E-state index is 13.2. The molecule has 0 radical (unpaired) electrons. The third-order valence-electron chi connectivity index (χ3n) is 4.35. The highest BCUT2D eigenvalue weighted by Gasteiger charge is 2.37. The Labute approximate surface area is 113 Å². The highest BCUT2D eigenvalue weighted by atomic mass is 19.1. The first-order valence-electron chi connectivity index (χ1n) is 7.02. The minimum Gasteiger partial charge on any atom is -0.392 e. The van der Waals surface area contributed by atoms with Crippen LogP contribution >= 0.6 is 0 Å². The van der Waals surface area contributed by atoms with Crippen LogP contribution in [0.15, 0.2) is 24.3 Å². The van der Waals surface area contributed by atoms with Crippen LogP contribution in [0.2, 0.25) is 0 Å². The molecular formula is C15H21FN2O. The molecule has 2 aliphatic heterocycles. The van der Waals surface area contributed by atoms with E-state index in [1.807, 2.05) is 6.07 Å². The average molecular weight is 264 g/mol. The van der Waals surface area contributed by atoms with Crippen molar-refractivity contribution in [2.75, 3.05) is 19.6 Å². The van der Waals surface area contributed by atoms with Crippen molar-refractivity contribution in [3.8, 4) is 0 Å². The Balaban J connectivity index is 1.68. The van der Waals surface area contributed by atoms with Gasteiger partial charge in [0.1, 0.15) is 5.82 Å². The summed E-state index contributed by atoms with van der Waals surface area (Å²) in [5.41, 5.74) is 1.03. The number of hydrogen-bond acceptors (Lipinski definition) is 3. The van der Waals surface area contributed by atoms with Gasteiger partial charge in [0.25, 0.3) is 0 Å². The van der Waals surface area contributed by atoms with Crippen molar-refractivity contribution < 1.29 is 9.50 Å². The molecule has 1 N–H and O–H groups in total. The Morgan fingerprint density at radius 1 is 1.32 bits per heavy atom. The van der Waals surface area contributed by atoms with E-state index in [9.17, 15) is 9.50 Å². The predicted octanol–water partition coefficient (Wildman–Crippen LogP) is 1.46. The van der Waals surface area contributed by atoms with E-state index < -0.39 is 0 Å². The summed E-state index contributed by atoms with van der Waals surface area (Å²) in [5, 5.41) is 9.75. The Bertz CT molecular complexity index is 454. The van der Waals surface area contributed by atoms with E-state index >= 15 is 0 Å². The fourth-order valence-corrected chi connectivity index (χ4v) is 3.37. The van der Waals surface area contributed by atoms with Crippen LogP contribution in [0.3, 0.4) is 0 Å². The summed E-state index contributed by atoms with van der Waals surface area (Å²) in [4.78, 5) is 4.78. The second kappa shape index (κ2) is 5.19. The fraction of sp³-hybridized carbons (Fsp3) is 0.600. The molecule has 19 heavy (non-hydrogen) atoms. The van der Waals surface area contributed by atoms with Gasteiger partial charge >= 0.3 is 0 Å². The summed E-state index contributed by atoms with van der Waals surface area (Å²) in [6.45, 7) is 5.77. The normalized spacial score (nSPS) is 32.5. The zero-order valence-electron chi connectivity index (χ0n) is 11.3. The molecule has 2 heterocycles. The van der Waals surface area contributed by atoms with Gasteiger partial charge in [-0.2, -0.15) is 0 Å². The number of halogens is 1. The number of hydrogen-bond donors (Lipinski definition) is 1. The minimum atomic E-state index is -0.175. The van der Waals surface area contributed by atoms with E-state index in [0.717, 1.165) is 38.2 Å². The number of benzene rings is 1. The van der Waals surface area contributed by atoms with Gasteiger partial charge < -0.3 is 5.11 Å². The van der Waals surface area contributed by atoms with Crippen LogP contribution < -0.4 is 0 Å². The van der Waals surface area contributed by atoms with E-state index in [0.29, 0.717) is 12.1 Å². The van der Waals surface area contributed by atoms with E-state index in [1.54, 1.807) is 12.1 Å². The maximum Gasteiger partial charge on any atom is 0.123 e. The van der Waals surface area contributed by atoms with Gasteiger partial charge in [-0.05, 0) is 31.0 Å². The minimum absolute atomic E-state index is 0.167. The largest absolute Gasteiger partial charge is 0.392 e. The lowest BCUT2D eigenvalue weighted by Gasteiger charge is -2.42. The molecule has 0 saturated carbocycles. The third kappa shape index (κ3) is 2.81. The monoisotopic (exact) mass is 264 g/mol. The summed E-state index contributed by atoms with van der Waals surface area (Å²) in [7, 11) is 0. The van der Waals surface area contributed by atoms with Gasteiger partial charge in [-0.15, -0.1) is 0 Å². The predicted molar refractivity (Wildman–Crippen MR) is 72.3 cm³/mol. The Morgan fingerprint density at radius 2 is 2.16 bits per heavy atom. The van der Waals surface area contributed by atoms with Crippen molar-refractivity contribution in [2.24, 2.45) is 0 Å². The Morgan fingerprint density at radius 3 is 2.95 bits per heavy atom. The number of fused-ring (bicyclic) bond motifs is 1. The summed E-state index contributed by atoms with van der Waals surface area (Å²) in [6.07, 6.45) is 0.693. The zero-order chi connectivity index (χ0) is 13.4. The molecule has 0 unspecified atom stereocenters. The van der Waals surface area contributed by atoms with Crippen molar-refractivity contribution in [2.45, 2.75) is 38.1 Å². The molecule has 0 amide bonds. The van der Waals surface area contributed by atoms with Crippen LogP contribution in [0, 0.1) is 5.82 Å². The van der Waals surface area contributed by atoms with Crippen LogP contribution in [-0.4, -0.2) is 52.7 Å². The highest BCUT2D eigenvalue weighted by Crippen LogP contribution is 2.26. The first-order valence-corrected chi connectivity index (χ1v) is 7.02. The summed E-state index contributed by atoms with van der Waals surface area (Å²) >= 11 is 0. The first kappa shape index (κ1) is 13.0. The van der Waals surface area contributed by atoms with Crippen molar-refractivity contribution in [3.05, 3.63) is 35.6 Å². The second-order valence-electron chi connectivity index (χ2n) is 5.91. The molecule has 2 aliphatic rings. The molecule has 0 aliphatic carbocycles. The topological polar surface area (TPSA) is 26.7 Å². The quantitative estimate of drug-likeness (QED) is 0.876. The number of nitrogens with zero attached hydrogens (tertiary/aromatic N) is 2. The SMILES string of the molecule is C[C@H]1CN2C[C@H](O)C[C@H]2CN1Cc1cccc(F)c1.